The summed E-state index contributed by atoms with van der Waals surface area (Å²) >= 11 is 1.80. The van der Waals surface area contributed by atoms with Crippen molar-refractivity contribution in [3.8, 4) is 6.07 Å². The van der Waals surface area contributed by atoms with Crippen LogP contribution in [0.3, 0.4) is 0 Å². The van der Waals surface area contributed by atoms with Crippen molar-refractivity contribution < 1.29 is 0 Å². The zero-order chi connectivity index (χ0) is 13.0. The van der Waals surface area contributed by atoms with Crippen molar-refractivity contribution in [2.24, 2.45) is 0 Å². The van der Waals surface area contributed by atoms with Crippen molar-refractivity contribution >= 4 is 11.8 Å². The lowest BCUT2D eigenvalue weighted by molar-refractivity contribution is 1.21. The molecule has 18 heavy (non-hydrogen) atoms. The number of hydrogen-bond donors (Lipinski definition) is 0. The molecule has 0 aliphatic rings. The van der Waals surface area contributed by atoms with Crippen LogP contribution < -0.4 is 0 Å². The first-order chi connectivity index (χ1) is 8.69. The Balaban J connectivity index is 2.11. The van der Waals surface area contributed by atoms with Gasteiger partial charge in [-0.1, -0.05) is 17.7 Å². The molecule has 3 heteroatoms. The molecule has 2 aromatic rings. The van der Waals surface area contributed by atoms with Gasteiger partial charge in [0.05, 0.1) is 0 Å². The number of thioether (sulfide) groups is 1. The summed E-state index contributed by atoms with van der Waals surface area (Å²) in [7, 11) is 0. The van der Waals surface area contributed by atoms with Crippen molar-refractivity contribution in [3.63, 3.8) is 0 Å². The third kappa shape index (κ3) is 3.12. The highest BCUT2D eigenvalue weighted by Gasteiger charge is 2.02. The molecule has 0 aliphatic heterocycles. The van der Waals surface area contributed by atoms with E-state index in [0.29, 0.717) is 5.69 Å². The maximum Gasteiger partial charge on any atom is 0.140 e. The predicted octanol–water partition coefficient (Wildman–Crippen LogP) is 3.86. The first-order valence-corrected chi connectivity index (χ1v) is 6.72. The van der Waals surface area contributed by atoms with Gasteiger partial charge in [-0.3, -0.25) is 0 Å². The number of pyridine rings is 1. The molecule has 1 aromatic heterocycles. The molecule has 2 nitrogen and oxygen atoms in total. The molecule has 90 valence electrons. The van der Waals surface area contributed by atoms with Crippen molar-refractivity contribution in [2.75, 3.05) is 0 Å². The van der Waals surface area contributed by atoms with E-state index < -0.39 is 0 Å². The largest absolute Gasteiger partial charge is 0.246 e. The maximum absolute atomic E-state index is 8.81. The first kappa shape index (κ1) is 12.7. The summed E-state index contributed by atoms with van der Waals surface area (Å²) in [5, 5.41) is 8.81. The van der Waals surface area contributed by atoms with Gasteiger partial charge in [0.25, 0.3) is 0 Å². The van der Waals surface area contributed by atoms with Crippen molar-refractivity contribution in [1.29, 1.82) is 5.26 Å². The number of nitrogens with zero attached hydrogens (tertiary/aromatic N) is 2. The molecule has 0 bridgehead atoms. The third-order valence-electron chi connectivity index (χ3n) is 2.68. The number of hydrogen-bond acceptors (Lipinski definition) is 3. The molecule has 2 rings (SSSR count). The van der Waals surface area contributed by atoms with Crippen LogP contribution in [0.15, 0.2) is 41.4 Å². The van der Waals surface area contributed by atoms with Crippen LogP contribution in [0.5, 0.6) is 0 Å². The second-order valence-corrected chi connectivity index (χ2v) is 5.24. The van der Waals surface area contributed by atoms with E-state index in [9.17, 15) is 0 Å². The lowest BCUT2D eigenvalue weighted by Crippen LogP contribution is -1.87. The molecule has 0 aliphatic carbocycles. The van der Waals surface area contributed by atoms with Gasteiger partial charge in [-0.2, -0.15) is 5.26 Å². The smallest absolute Gasteiger partial charge is 0.140 e. The van der Waals surface area contributed by atoms with Crippen LogP contribution in [0.4, 0.5) is 0 Å². The highest BCUT2D eigenvalue weighted by Crippen LogP contribution is 2.26. The molecule has 0 unspecified atom stereocenters. The lowest BCUT2D eigenvalue weighted by Gasteiger charge is -2.06. The fourth-order valence-corrected chi connectivity index (χ4v) is 2.72. The number of rotatable bonds is 3. The summed E-state index contributed by atoms with van der Waals surface area (Å²) in [5.41, 5.74) is 4.18. The van der Waals surface area contributed by atoms with E-state index in [0.717, 1.165) is 11.3 Å². The second kappa shape index (κ2) is 5.70. The number of benzene rings is 1. The van der Waals surface area contributed by atoms with Gasteiger partial charge in [0.2, 0.25) is 0 Å². The van der Waals surface area contributed by atoms with Crippen LogP contribution in [0.2, 0.25) is 0 Å². The highest BCUT2D eigenvalue weighted by atomic mass is 32.2. The zero-order valence-corrected chi connectivity index (χ0v) is 11.3. The van der Waals surface area contributed by atoms with E-state index >= 15 is 0 Å². The average molecular weight is 254 g/mol. The minimum absolute atomic E-state index is 0.481. The van der Waals surface area contributed by atoms with E-state index in [-0.39, 0.29) is 0 Å². The molecule has 0 spiro atoms. The fraction of sp³-hybridized carbons (Fsp3) is 0.200. The second-order valence-electron chi connectivity index (χ2n) is 4.22. The van der Waals surface area contributed by atoms with Crippen molar-refractivity contribution in [2.45, 2.75) is 24.5 Å². The minimum atomic E-state index is 0.481. The molecule has 0 radical (unpaired) electrons. The van der Waals surface area contributed by atoms with Gasteiger partial charge in [-0.05, 0) is 43.2 Å². The normalized spacial score (nSPS) is 10.1. The number of aromatic nitrogens is 1. The molecule has 0 saturated heterocycles. The molecule has 0 fully saturated rings. The number of nitriles is 1. The molecule has 1 heterocycles. The van der Waals surface area contributed by atoms with Gasteiger partial charge < -0.3 is 0 Å². The van der Waals surface area contributed by atoms with Gasteiger partial charge in [-0.15, -0.1) is 11.8 Å². The average Bonchev–Trinajstić information content (AvgIpc) is 2.40. The highest BCUT2D eigenvalue weighted by molar-refractivity contribution is 7.98. The van der Waals surface area contributed by atoms with Crippen LogP contribution in [0, 0.1) is 25.2 Å². The van der Waals surface area contributed by atoms with Crippen molar-refractivity contribution in [3.05, 3.63) is 58.9 Å². The van der Waals surface area contributed by atoms with E-state index in [4.69, 9.17) is 5.26 Å². The Kier molecular flexibility index (Phi) is 4.01. The minimum Gasteiger partial charge on any atom is -0.246 e. The fourth-order valence-electron chi connectivity index (χ4n) is 1.65. The summed E-state index contributed by atoms with van der Waals surface area (Å²) in [4.78, 5) is 5.27. The van der Waals surface area contributed by atoms with Crippen LogP contribution in [0.25, 0.3) is 0 Å². The molecule has 0 atom stereocenters. The molecule has 0 saturated carbocycles. The van der Waals surface area contributed by atoms with Crippen LogP contribution in [-0.4, -0.2) is 4.98 Å². The Bertz CT molecular complexity index is 600. The van der Waals surface area contributed by atoms with Gasteiger partial charge in [0.15, 0.2) is 0 Å². The van der Waals surface area contributed by atoms with Gasteiger partial charge in [0, 0.05) is 16.8 Å². The Morgan fingerprint density at radius 1 is 1.22 bits per heavy atom. The molecular weight excluding hydrogens is 240 g/mol. The quantitative estimate of drug-likeness (QED) is 0.780. The molecule has 0 N–H and O–H groups in total. The maximum atomic E-state index is 8.81. The zero-order valence-electron chi connectivity index (χ0n) is 10.5. The van der Waals surface area contributed by atoms with Gasteiger partial charge in [-0.25, -0.2) is 4.98 Å². The van der Waals surface area contributed by atoms with Crippen LogP contribution in [-0.2, 0) is 5.75 Å². The SMILES string of the molecule is Cc1ccc(C)c(SCc2ccnc(C#N)c2)c1. The summed E-state index contributed by atoms with van der Waals surface area (Å²) in [6, 6.07) is 12.3. The summed E-state index contributed by atoms with van der Waals surface area (Å²) < 4.78 is 0. The van der Waals surface area contributed by atoms with E-state index in [2.05, 4.69) is 43.1 Å². The number of aryl methyl sites for hydroxylation is 2. The molecule has 0 amide bonds. The lowest BCUT2D eigenvalue weighted by atomic mass is 10.2. The summed E-state index contributed by atoms with van der Waals surface area (Å²) in [6.07, 6.45) is 1.69. The Morgan fingerprint density at radius 2 is 2.06 bits per heavy atom. The Labute approximate surface area is 112 Å². The van der Waals surface area contributed by atoms with Crippen LogP contribution in [0.1, 0.15) is 22.4 Å². The predicted molar refractivity (Wildman–Crippen MR) is 74.4 cm³/mol. The van der Waals surface area contributed by atoms with E-state index in [1.807, 2.05) is 12.1 Å². The van der Waals surface area contributed by atoms with E-state index in [1.54, 1.807) is 18.0 Å². The van der Waals surface area contributed by atoms with E-state index in [1.165, 1.54) is 16.0 Å². The summed E-state index contributed by atoms with van der Waals surface area (Å²) in [5.74, 6) is 0.863. The Hall–Kier alpha value is -1.79. The molecule has 1 aromatic carbocycles. The van der Waals surface area contributed by atoms with Crippen molar-refractivity contribution in [1.82, 2.24) is 4.98 Å². The monoisotopic (exact) mass is 254 g/mol. The summed E-state index contributed by atoms with van der Waals surface area (Å²) in [6.45, 7) is 4.22. The first-order valence-electron chi connectivity index (χ1n) is 5.74. The standard InChI is InChI=1S/C15H14N2S/c1-11-3-4-12(2)15(7-11)18-10-13-5-6-17-14(8-13)9-16/h3-8H,10H2,1-2H3. The molecular formula is C15H14N2S. The third-order valence-corrected chi connectivity index (χ3v) is 3.91. The van der Waals surface area contributed by atoms with Crippen LogP contribution >= 0.6 is 11.8 Å². The topological polar surface area (TPSA) is 36.7 Å². The van der Waals surface area contributed by atoms with Gasteiger partial charge >= 0.3 is 0 Å². The van der Waals surface area contributed by atoms with Gasteiger partial charge in [0.1, 0.15) is 11.8 Å². The Morgan fingerprint density at radius 3 is 2.83 bits per heavy atom.